The van der Waals surface area contributed by atoms with E-state index in [4.69, 9.17) is 4.74 Å². The first-order valence-corrected chi connectivity index (χ1v) is 13.4. The van der Waals surface area contributed by atoms with Gasteiger partial charge in [-0.05, 0) is 50.6 Å². The summed E-state index contributed by atoms with van der Waals surface area (Å²) < 4.78 is 5.94. The van der Waals surface area contributed by atoms with Crippen molar-refractivity contribution in [3.63, 3.8) is 0 Å². The van der Waals surface area contributed by atoms with Crippen LogP contribution >= 0.6 is 0 Å². The third-order valence-electron chi connectivity index (χ3n) is 7.94. The zero-order chi connectivity index (χ0) is 25.1. The van der Waals surface area contributed by atoms with E-state index in [1.807, 2.05) is 9.80 Å². The van der Waals surface area contributed by atoms with Gasteiger partial charge in [-0.15, -0.1) is 0 Å². The van der Waals surface area contributed by atoms with Gasteiger partial charge in [0, 0.05) is 70.0 Å². The van der Waals surface area contributed by atoms with E-state index in [0.717, 1.165) is 70.5 Å². The molecule has 3 unspecified atom stereocenters. The summed E-state index contributed by atoms with van der Waals surface area (Å²) in [5.74, 6) is 0.255. The molecule has 3 aliphatic heterocycles. The number of nitrogens with zero attached hydrogens (tertiary/aromatic N) is 4. The molecule has 3 saturated heterocycles. The van der Waals surface area contributed by atoms with Gasteiger partial charge < -0.3 is 19.9 Å². The average molecular weight is 500 g/mol. The molecule has 0 aromatic heterocycles. The number of likely N-dealkylation sites (tertiary alicyclic amines) is 1. The predicted octanol–water partition coefficient (Wildman–Crippen LogP) is 1.78. The molecule has 1 saturated carbocycles. The van der Waals surface area contributed by atoms with Crippen LogP contribution in [0.5, 0.6) is 0 Å². The Bertz CT molecular complexity index is 939. The third kappa shape index (κ3) is 5.87. The molecule has 4 fully saturated rings. The minimum absolute atomic E-state index is 0.0335. The van der Waals surface area contributed by atoms with Crippen molar-refractivity contribution in [1.29, 1.82) is 0 Å². The lowest BCUT2D eigenvalue weighted by Gasteiger charge is -2.31. The fourth-order valence-electron chi connectivity index (χ4n) is 5.75. The van der Waals surface area contributed by atoms with Gasteiger partial charge >= 0.3 is 0 Å². The summed E-state index contributed by atoms with van der Waals surface area (Å²) in [7, 11) is 0. The summed E-state index contributed by atoms with van der Waals surface area (Å²) in [6.07, 6.45) is 5.52. The molecular formula is C26H37N5O5. The number of rotatable bonds is 8. The Morgan fingerprint density at radius 2 is 1.89 bits per heavy atom. The van der Waals surface area contributed by atoms with Gasteiger partial charge in [-0.1, -0.05) is 12.1 Å². The largest absolute Gasteiger partial charge is 0.377 e. The number of nitro benzene ring substituents is 1. The highest BCUT2D eigenvalue weighted by Gasteiger charge is 2.47. The quantitative estimate of drug-likeness (QED) is 0.429. The van der Waals surface area contributed by atoms with Crippen LogP contribution in [-0.4, -0.2) is 95.5 Å². The molecule has 10 nitrogen and oxygen atoms in total. The summed E-state index contributed by atoms with van der Waals surface area (Å²) in [5, 5.41) is 14.4. The number of nitro groups is 1. The van der Waals surface area contributed by atoms with Crippen LogP contribution in [0.4, 0.5) is 5.69 Å². The Morgan fingerprint density at radius 1 is 1.08 bits per heavy atom. The lowest BCUT2D eigenvalue weighted by Crippen LogP contribution is -2.49. The van der Waals surface area contributed by atoms with Crippen molar-refractivity contribution < 1.29 is 19.2 Å². The number of carbonyl (C=O) groups excluding carboxylic acids is 2. The summed E-state index contributed by atoms with van der Waals surface area (Å²) in [4.78, 5) is 43.8. The topological polar surface area (TPSA) is 108 Å². The van der Waals surface area contributed by atoms with Gasteiger partial charge in [-0.3, -0.25) is 24.6 Å². The third-order valence-corrected chi connectivity index (χ3v) is 7.94. The molecule has 0 spiro atoms. The van der Waals surface area contributed by atoms with Gasteiger partial charge in [0.25, 0.3) is 5.69 Å². The van der Waals surface area contributed by atoms with E-state index < -0.39 is 6.04 Å². The maximum absolute atomic E-state index is 13.7. The van der Waals surface area contributed by atoms with Crippen LogP contribution in [0.25, 0.3) is 0 Å². The Morgan fingerprint density at radius 3 is 2.58 bits per heavy atom. The number of hydrogen-bond donors (Lipinski definition) is 1. The minimum Gasteiger partial charge on any atom is -0.377 e. The summed E-state index contributed by atoms with van der Waals surface area (Å²) in [6, 6.07) is 6.29. The Labute approximate surface area is 212 Å². The maximum Gasteiger partial charge on any atom is 0.269 e. The lowest BCUT2D eigenvalue weighted by molar-refractivity contribution is -0.384. The molecule has 3 heterocycles. The molecule has 36 heavy (non-hydrogen) atoms. The highest BCUT2D eigenvalue weighted by molar-refractivity contribution is 5.90. The summed E-state index contributed by atoms with van der Waals surface area (Å²) in [6.45, 7) is 5.71. The lowest BCUT2D eigenvalue weighted by atomic mass is 10.1. The number of nitrogens with one attached hydrogen (secondary N) is 1. The molecule has 1 aromatic rings. The van der Waals surface area contributed by atoms with Gasteiger partial charge in [-0.25, -0.2) is 0 Å². The monoisotopic (exact) mass is 499 g/mol. The van der Waals surface area contributed by atoms with E-state index >= 15 is 0 Å². The fraction of sp³-hybridized carbons (Fsp3) is 0.692. The van der Waals surface area contributed by atoms with E-state index in [9.17, 15) is 19.7 Å². The zero-order valence-corrected chi connectivity index (χ0v) is 20.8. The highest BCUT2D eigenvalue weighted by Crippen LogP contribution is 2.35. The van der Waals surface area contributed by atoms with E-state index in [2.05, 4.69) is 10.2 Å². The minimum atomic E-state index is -0.426. The second-order valence-electron chi connectivity index (χ2n) is 10.6. The molecule has 3 atom stereocenters. The number of amides is 2. The van der Waals surface area contributed by atoms with Crippen molar-refractivity contribution in [2.75, 3.05) is 45.9 Å². The van der Waals surface area contributed by atoms with Gasteiger partial charge in [0.2, 0.25) is 11.8 Å². The smallest absolute Gasteiger partial charge is 0.269 e. The van der Waals surface area contributed by atoms with E-state index in [1.165, 1.54) is 12.1 Å². The molecule has 10 heteroatoms. The van der Waals surface area contributed by atoms with Crippen LogP contribution in [0.2, 0.25) is 0 Å². The van der Waals surface area contributed by atoms with Crippen molar-refractivity contribution in [3.8, 4) is 0 Å². The van der Waals surface area contributed by atoms with Crippen molar-refractivity contribution in [1.82, 2.24) is 20.0 Å². The predicted molar refractivity (Wildman–Crippen MR) is 133 cm³/mol. The van der Waals surface area contributed by atoms with Crippen LogP contribution < -0.4 is 5.32 Å². The highest BCUT2D eigenvalue weighted by atomic mass is 16.6. The second-order valence-corrected chi connectivity index (χ2v) is 10.6. The average Bonchev–Trinajstić information content (AvgIpc) is 3.53. The molecule has 1 aliphatic carbocycles. The van der Waals surface area contributed by atoms with Crippen molar-refractivity contribution in [2.24, 2.45) is 5.92 Å². The van der Waals surface area contributed by atoms with Crippen LogP contribution in [0.15, 0.2) is 24.3 Å². The zero-order valence-electron chi connectivity index (χ0n) is 20.8. The van der Waals surface area contributed by atoms with Crippen molar-refractivity contribution in [3.05, 3.63) is 39.9 Å². The number of ether oxygens (including phenoxy) is 1. The summed E-state index contributed by atoms with van der Waals surface area (Å²) in [5.41, 5.74) is 1.05. The standard InChI is InChI=1S/C26H37N5O5/c32-25(20-6-7-20)30-17-22(15-24(30)26(33)28-12-2-10-27-11-13-28)29(18-23-3-1-14-36-23)16-19-4-8-21(9-5-19)31(34)35/h4-5,8-9,20,22-24,27H,1-3,6-7,10-18H2. The summed E-state index contributed by atoms with van der Waals surface area (Å²) >= 11 is 0. The SMILES string of the molecule is O=C(C1CC(N(Cc2ccc([N+](=O)[O-])cc2)CC2CCCO2)CN1C(=O)C1CC1)N1CCCNCC1. The van der Waals surface area contributed by atoms with Crippen LogP contribution in [-0.2, 0) is 20.9 Å². The molecule has 0 radical (unpaired) electrons. The Hall–Kier alpha value is -2.56. The first-order chi connectivity index (χ1) is 17.5. The van der Waals surface area contributed by atoms with Crippen LogP contribution in [0.3, 0.4) is 0 Å². The number of non-ortho nitro benzene ring substituents is 1. The van der Waals surface area contributed by atoms with E-state index in [1.54, 1.807) is 12.1 Å². The fourth-order valence-corrected chi connectivity index (χ4v) is 5.75. The normalized spacial score (nSPS) is 26.9. The molecule has 1 aromatic carbocycles. The second kappa shape index (κ2) is 11.2. The van der Waals surface area contributed by atoms with Crippen LogP contribution in [0, 0.1) is 16.0 Å². The van der Waals surface area contributed by atoms with Crippen molar-refractivity contribution >= 4 is 17.5 Å². The van der Waals surface area contributed by atoms with Gasteiger partial charge in [0.15, 0.2) is 0 Å². The molecule has 0 bridgehead atoms. The van der Waals surface area contributed by atoms with Crippen LogP contribution in [0.1, 0.15) is 44.1 Å². The van der Waals surface area contributed by atoms with E-state index in [-0.39, 0.29) is 40.5 Å². The Kier molecular flexibility index (Phi) is 7.83. The van der Waals surface area contributed by atoms with Crippen molar-refractivity contribution in [2.45, 2.75) is 63.3 Å². The first kappa shape index (κ1) is 25.1. The number of carbonyl (C=O) groups is 2. The van der Waals surface area contributed by atoms with Gasteiger partial charge in [0.1, 0.15) is 6.04 Å². The first-order valence-electron chi connectivity index (χ1n) is 13.4. The molecule has 4 aliphatic rings. The number of hydrogen-bond acceptors (Lipinski definition) is 7. The maximum atomic E-state index is 13.7. The molecule has 1 N–H and O–H groups in total. The van der Waals surface area contributed by atoms with Gasteiger partial charge in [-0.2, -0.15) is 0 Å². The van der Waals surface area contributed by atoms with Gasteiger partial charge in [0.05, 0.1) is 11.0 Å². The molecular weight excluding hydrogens is 462 g/mol. The molecule has 5 rings (SSSR count). The number of benzene rings is 1. The molecule has 196 valence electrons. The molecule has 2 amide bonds. The Balaban J connectivity index is 1.35. The van der Waals surface area contributed by atoms with E-state index in [0.29, 0.717) is 26.1 Å².